The summed E-state index contributed by atoms with van der Waals surface area (Å²) in [4.78, 5) is 14.7. The molecular formula is C21H18BrNO3S2. The molecule has 0 aliphatic heterocycles. The van der Waals surface area contributed by atoms with Gasteiger partial charge in [-0.1, -0.05) is 39.8 Å². The van der Waals surface area contributed by atoms with Crippen molar-refractivity contribution in [1.82, 2.24) is 0 Å². The molecule has 7 heteroatoms. The summed E-state index contributed by atoms with van der Waals surface area (Å²) < 4.78 is 23.9. The molecule has 0 spiro atoms. The van der Waals surface area contributed by atoms with E-state index in [2.05, 4.69) is 21.2 Å². The summed E-state index contributed by atoms with van der Waals surface area (Å²) in [6.07, 6.45) is 1.17. The quantitative estimate of drug-likeness (QED) is 0.518. The molecule has 0 saturated heterocycles. The minimum atomic E-state index is -3.15. The lowest BCUT2D eigenvalue weighted by Gasteiger charge is -2.08. The summed E-state index contributed by atoms with van der Waals surface area (Å²) in [5, 5.41) is 2.84. The van der Waals surface area contributed by atoms with Crippen LogP contribution in [0.1, 0.15) is 15.9 Å². The van der Waals surface area contributed by atoms with Gasteiger partial charge in [-0.3, -0.25) is 4.79 Å². The molecule has 28 heavy (non-hydrogen) atoms. The average molecular weight is 476 g/mol. The monoisotopic (exact) mass is 475 g/mol. The number of amides is 1. The van der Waals surface area contributed by atoms with Crippen molar-refractivity contribution in [2.45, 2.75) is 15.5 Å². The van der Waals surface area contributed by atoms with Gasteiger partial charge in [0, 0.05) is 31.8 Å². The van der Waals surface area contributed by atoms with Gasteiger partial charge in [-0.15, -0.1) is 0 Å². The van der Waals surface area contributed by atoms with Crippen molar-refractivity contribution < 1.29 is 13.2 Å². The highest BCUT2D eigenvalue weighted by molar-refractivity contribution is 9.10. The molecule has 1 amide bonds. The minimum Gasteiger partial charge on any atom is -0.322 e. The van der Waals surface area contributed by atoms with E-state index < -0.39 is 9.84 Å². The molecule has 0 heterocycles. The highest BCUT2D eigenvalue weighted by atomic mass is 79.9. The van der Waals surface area contributed by atoms with Crippen LogP contribution in [0.25, 0.3) is 0 Å². The normalized spacial score (nSPS) is 11.2. The average Bonchev–Trinajstić information content (AvgIpc) is 2.64. The topological polar surface area (TPSA) is 63.2 Å². The van der Waals surface area contributed by atoms with Crippen molar-refractivity contribution >= 4 is 49.1 Å². The molecule has 0 saturated carbocycles. The highest BCUT2D eigenvalue weighted by Crippen LogP contribution is 2.29. The van der Waals surface area contributed by atoms with E-state index in [-0.39, 0.29) is 11.7 Å². The Balaban J connectivity index is 1.66. The number of hydrogen-bond acceptors (Lipinski definition) is 4. The van der Waals surface area contributed by atoms with Crippen LogP contribution in [0.3, 0.4) is 0 Å². The Morgan fingerprint density at radius 1 is 0.964 bits per heavy atom. The van der Waals surface area contributed by atoms with Crippen molar-refractivity contribution in [3.63, 3.8) is 0 Å². The SMILES string of the molecule is CS(=O)(=O)Cc1cccc(C(=O)Nc2ccc(Sc3ccc(Br)cc3)cc2)c1. The van der Waals surface area contributed by atoms with Crippen LogP contribution >= 0.6 is 27.7 Å². The van der Waals surface area contributed by atoms with Crippen LogP contribution in [-0.4, -0.2) is 20.6 Å². The molecule has 4 nitrogen and oxygen atoms in total. The molecule has 3 aromatic carbocycles. The van der Waals surface area contributed by atoms with Gasteiger partial charge in [-0.2, -0.15) is 0 Å². The first-order chi connectivity index (χ1) is 13.3. The van der Waals surface area contributed by atoms with Gasteiger partial charge in [-0.05, 0) is 66.2 Å². The number of benzene rings is 3. The summed E-state index contributed by atoms with van der Waals surface area (Å²) in [6.45, 7) is 0. The number of rotatable bonds is 6. The molecule has 0 bridgehead atoms. The lowest BCUT2D eigenvalue weighted by atomic mass is 10.1. The molecule has 0 radical (unpaired) electrons. The Morgan fingerprint density at radius 2 is 1.57 bits per heavy atom. The maximum absolute atomic E-state index is 12.5. The Hall–Kier alpha value is -2.09. The maximum Gasteiger partial charge on any atom is 0.255 e. The van der Waals surface area contributed by atoms with Crippen LogP contribution in [0.15, 0.2) is 87.1 Å². The second kappa shape index (κ2) is 8.94. The van der Waals surface area contributed by atoms with E-state index in [9.17, 15) is 13.2 Å². The first-order valence-electron chi connectivity index (χ1n) is 8.40. The van der Waals surface area contributed by atoms with Crippen LogP contribution in [0.4, 0.5) is 5.69 Å². The van der Waals surface area contributed by atoms with Crippen LogP contribution in [0, 0.1) is 0 Å². The van der Waals surface area contributed by atoms with Crippen LogP contribution < -0.4 is 5.32 Å². The predicted octanol–water partition coefficient (Wildman–Crippen LogP) is 5.40. The molecule has 0 aromatic heterocycles. The van der Waals surface area contributed by atoms with Crippen LogP contribution in [-0.2, 0) is 15.6 Å². The van der Waals surface area contributed by atoms with Gasteiger partial charge in [0.2, 0.25) is 0 Å². The summed E-state index contributed by atoms with van der Waals surface area (Å²) in [7, 11) is -3.15. The van der Waals surface area contributed by atoms with Crippen molar-refractivity contribution in [3.05, 3.63) is 88.4 Å². The molecular weight excluding hydrogens is 458 g/mol. The molecule has 3 aromatic rings. The van der Waals surface area contributed by atoms with Gasteiger partial charge in [0.15, 0.2) is 9.84 Å². The smallest absolute Gasteiger partial charge is 0.255 e. The van der Waals surface area contributed by atoms with Crippen LogP contribution in [0.2, 0.25) is 0 Å². The Kier molecular flexibility index (Phi) is 6.59. The summed E-state index contributed by atoms with van der Waals surface area (Å²) >= 11 is 5.06. The number of anilines is 1. The van der Waals surface area contributed by atoms with Gasteiger partial charge in [-0.25, -0.2) is 8.42 Å². The molecule has 3 rings (SSSR count). The zero-order valence-electron chi connectivity index (χ0n) is 15.1. The van der Waals surface area contributed by atoms with Gasteiger partial charge < -0.3 is 5.32 Å². The minimum absolute atomic E-state index is 0.0872. The van der Waals surface area contributed by atoms with Gasteiger partial charge >= 0.3 is 0 Å². The Labute approximate surface area is 177 Å². The highest BCUT2D eigenvalue weighted by Gasteiger charge is 2.10. The van der Waals surface area contributed by atoms with Crippen molar-refractivity contribution in [2.75, 3.05) is 11.6 Å². The number of halogens is 1. The second-order valence-electron chi connectivity index (χ2n) is 6.30. The zero-order valence-corrected chi connectivity index (χ0v) is 18.3. The van der Waals surface area contributed by atoms with E-state index in [4.69, 9.17) is 0 Å². The molecule has 1 N–H and O–H groups in total. The van der Waals surface area contributed by atoms with Crippen LogP contribution in [0.5, 0.6) is 0 Å². The summed E-state index contributed by atoms with van der Waals surface area (Å²) in [6, 6.07) is 22.3. The van der Waals surface area contributed by atoms with Crippen molar-refractivity contribution in [3.8, 4) is 0 Å². The van der Waals surface area contributed by atoms with E-state index in [0.29, 0.717) is 16.8 Å². The van der Waals surface area contributed by atoms with Gasteiger partial charge in [0.05, 0.1) is 5.75 Å². The second-order valence-corrected chi connectivity index (χ2v) is 10.5. The predicted molar refractivity (Wildman–Crippen MR) is 118 cm³/mol. The zero-order chi connectivity index (χ0) is 20.1. The molecule has 144 valence electrons. The number of hydrogen-bond donors (Lipinski definition) is 1. The summed E-state index contributed by atoms with van der Waals surface area (Å²) in [5.74, 6) is -0.362. The third-order valence-electron chi connectivity index (χ3n) is 3.78. The number of sulfone groups is 1. The molecule has 0 aliphatic rings. The molecule has 0 fully saturated rings. The van der Waals surface area contributed by atoms with E-state index in [1.807, 2.05) is 48.5 Å². The first-order valence-corrected chi connectivity index (χ1v) is 12.1. The fraction of sp³-hybridized carbons (Fsp3) is 0.0952. The van der Waals surface area contributed by atoms with E-state index in [1.54, 1.807) is 36.0 Å². The third kappa shape index (κ3) is 6.22. The van der Waals surface area contributed by atoms with Gasteiger partial charge in [0.25, 0.3) is 5.91 Å². The number of carbonyl (C=O) groups excluding carboxylic acids is 1. The van der Waals surface area contributed by atoms with Crippen molar-refractivity contribution in [1.29, 1.82) is 0 Å². The lowest BCUT2D eigenvalue weighted by molar-refractivity contribution is 0.102. The summed E-state index contributed by atoms with van der Waals surface area (Å²) in [5.41, 5.74) is 1.70. The number of nitrogens with one attached hydrogen (secondary N) is 1. The van der Waals surface area contributed by atoms with Crippen molar-refractivity contribution in [2.24, 2.45) is 0 Å². The third-order valence-corrected chi connectivity index (χ3v) is 6.18. The molecule has 0 unspecified atom stereocenters. The number of carbonyl (C=O) groups is 1. The molecule has 0 aliphatic carbocycles. The molecule has 0 atom stereocenters. The Morgan fingerprint density at radius 3 is 2.18 bits per heavy atom. The largest absolute Gasteiger partial charge is 0.322 e. The van der Waals surface area contributed by atoms with Gasteiger partial charge in [0.1, 0.15) is 0 Å². The fourth-order valence-electron chi connectivity index (χ4n) is 2.55. The van der Waals surface area contributed by atoms with E-state index in [1.165, 1.54) is 6.26 Å². The Bertz CT molecular complexity index is 1080. The lowest BCUT2D eigenvalue weighted by Crippen LogP contribution is -2.12. The standard InChI is InChI=1S/C21H18BrNO3S2/c1-28(25,26)14-15-3-2-4-16(13-15)21(24)23-18-7-11-20(12-8-18)27-19-9-5-17(22)6-10-19/h2-13H,14H2,1H3,(H,23,24). The fourth-order valence-corrected chi connectivity index (χ4v) is 4.42. The van der Waals surface area contributed by atoms with E-state index >= 15 is 0 Å². The van der Waals surface area contributed by atoms with E-state index in [0.717, 1.165) is 14.3 Å². The maximum atomic E-state index is 12.5. The first kappa shape index (κ1) is 20.6.